The van der Waals surface area contributed by atoms with Crippen LogP contribution in [0.25, 0.3) is 10.4 Å². The molecule has 9 heteroatoms. The van der Waals surface area contributed by atoms with Gasteiger partial charge in [-0.05, 0) is 35.9 Å². The molecule has 1 aromatic rings. The maximum atomic E-state index is 14.6. The van der Waals surface area contributed by atoms with Crippen LogP contribution in [0.3, 0.4) is 0 Å². The zero-order valence-electron chi connectivity index (χ0n) is 13.1. The normalized spacial score (nSPS) is 21.2. The number of carbonyl (C=O) groups excluding carboxylic acids is 1. The number of azide groups is 1. The number of cyclic esters (lactones) is 1. The smallest absolute Gasteiger partial charge is 0.414 e. The predicted molar refractivity (Wildman–Crippen MR) is 92.2 cm³/mol. The van der Waals surface area contributed by atoms with E-state index in [9.17, 15) is 9.18 Å². The number of carbonyl (C=O) groups is 1. The topological polar surface area (TPSA) is 81.5 Å². The first-order valence-electron chi connectivity index (χ1n) is 7.80. The molecule has 0 saturated carbocycles. The van der Waals surface area contributed by atoms with Crippen molar-refractivity contribution in [2.45, 2.75) is 12.5 Å². The van der Waals surface area contributed by atoms with E-state index in [0.717, 1.165) is 31.0 Å². The standard InChI is InChI=1S/C15H18FN5O2S/c16-13-8-11(21-10-12(9-18-19-17)23-15(21)22)2-3-14(13)20-4-1-6-24-7-5-20/h2-3,8,12H,1,4-7,9-10H2. The van der Waals surface area contributed by atoms with Crippen LogP contribution in [0.2, 0.25) is 0 Å². The molecule has 0 aliphatic carbocycles. The van der Waals surface area contributed by atoms with Gasteiger partial charge in [0.1, 0.15) is 11.9 Å². The number of thioether (sulfide) groups is 1. The highest BCUT2D eigenvalue weighted by Crippen LogP contribution is 2.29. The van der Waals surface area contributed by atoms with Crippen LogP contribution in [0.1, 0.15) is 6.42 Å². The molecule has 0 N–H and O–H groups in total. The minimum atomic E-state index is -0.550. The summed E-state index contributed by atoms with van der Waals surface area (Å²) in [5.41, 5.74) is 9.36. The summed E-state index contributed by atoms with van der Waals surface area (Å²) in [6.45, 7) is 1.98. The highest BCUT2D eigenvalue weighted by atomic mass is 32.2. The first kappa shape index (κ1) is 16.7. The summed E-state index contributed by atoms with van der Waals surface area (Å²) in [5, 5.41) is 3.41. The zero-order chi connectivity index (χ0) is 16.9. The number of amides is 1. The Bertz CT molecular complexity index is 659. The minimum Gasteiger partial charge on any atom is -0.444 e. The minimum absolute atomic E-state index is 0.0742. The van der Waals surface area contributed by atoms with E-state index in [1.165, 1.54) is 11.0 Å². The average Bonchev–Trinajstić information content (AvgIpc) is 2.77. The lowest BCUT2D eigenvalue weighted by atomic mass is 10.2. The van der Waals surface area contributed by atoms with Crippen LogP contribution in [0.15, 0.2) is 23.3 Å². The molecular weight excluding hydrogens is 333 g/mol. The molecule has 0 aromatic heterocycles. The number of halogens is 1. The molecule has 1 atom stereocenters. The fraction of sp³-hybridized carbons (Fsp3) is 0.533. The van der Waals surface area contributed by atoms with Crippen LogP contribution in [0.4, 0.5) is 20.6 Å². The Morgan fingerprint density at radius 1 is 1.42 bits per heavy atom. The van der Waals surface area contributed by atoms with Gasteiger partial charge in [-0.25, -0.2) is 9.18 Å². The van der Waals surface area contributed by atoms with Gasteiger partial charge < -0.3 is 9.64 Å². The van der Waals surface area contributed by atoms with Crippen molar-refractivity contribution < 1.29 is 13.9 Å². The van der Waals surface area contributed by atoms with Gasteiger partial charge in [0.2, 0.25) is 0 Å². The number of nitrogens with zero attached hydrogens (tertiary/aromatic N) is 5. The molecule has 1 amide bonds. The van der Waals surface area contributed by atoms with E-state index >= 15 is 0 Å². The van der Waals surface area contributed by atoms with E-state index < -0.39 is 12.2 Å². The fourth-order valence-electron chi connectivity index (χ4n) is 2.86. The Morgan fingerprint density at radius 3 is 3.08 bits per heavy atom. The van der Waals surface area contributed by atoms with Gasteiger partial charge in [-0.1, -0.05) is 5.11 Å². The molecule has 0 bridgehead atoms. The third-order valence-corrected chi connectivity index (χ3v) is 5.08. The summed E-state index contributed by atoms with van der Waals surface area (Å²) in [4.78, 5) is 18.0. The lowest BCUT2D eigenvalue weighted by Crippen LogP contribution is -2.27. The lowest BCUT2D eigenvalue weighted by molar-refractivity contribution is 0.145. The van der Waals surface area contributed by atoms with Crippen molar-refractivity contribution in [1.82, 2.24) is 0 Å². The van der Waals surface area contributed by atoms with Crippen LogP contribution in [-0.4, -0.2) is 49.9 Å². The molecule has 2 fully saturated rings. The molecule has 2 aliphatic rings. The lowest BCUT2D eigenvalue weighted by Gasteiger charge is -2.24. The molecule has 1 unspecified atom stereocenters. The van der Waals surface area contributed by atoms with E-state index in [1.54, 1.807) is 12.1 Å². The second kappa shape index (κ2) is 7.63. The largest absolute Gasteiger partial charge is 0.444 e. The van der Waals surface area contributed by atoms with Crippen LogP contribution < -0.4 is 9.80 Å². The third-order valence-electron chi connectivity index (χ3n) is 4.03. The van der Waals surface area contributed by atoms with Gasteiger partial charge in [-0.15, -0.1) is 0 Å². The Hall–Kier alpha value is -2.12. The van der Waals surface area contributed by atoms with E-state index in [0.29, 0.717) is 11.4 Å². The number of ether oxygens (including phenoxy) is 1. The monoisotopic (exact) mass is 351 g/mol. The van der Waals surface area contributed by atoms with Crippen LogP contribution in [0, 0.1) is 5.82 Å². The van der Waals surface area contributed by atoms with Gasteiger partial charge in [0, 0.05) is 23.8 Å². The van der Waals surface area contributed by atoms with Gasteiger partial charge in [0.25, 0.3) is 0 Å². The SMILES string of the molecule is [N-]=[N+]=NCC1CN(c2ccc(N3CCCSCC3)c(F)c2)C(=O)O1. The van der Waals surface area contributed by atoms with Crippen molar-refractivity contribution in [1.29, 1.82) is 0 Å². The van der Waals surface area contributed by atoms with Gasteiger partial charge in [0.15, 0.2) is 0 Å². The first-order valence-corrected chi connectivity index (χ1v) is 8.96. The zero-order valence-corrected chi connectivity index (χ0v) is 13.9. The highest BCUT2D eigenvalue weighted by molar-refractivity contribution is 7.99. The number of hydrogen-bond acceptors (Lipinski definition) is 5. The molecule has 7 nitrogen and oxygen atoms in total. The maximum absolute atomic E-state index is 14.6. The molecule has 2 aliphatic heterocycles. The Balaban J connectivity index is 1.74. The first-order chi connectivity index (χ1) is 11.7. The summed E-state index contributed by atoms with van der Waals surface area (Å²) in [6, 6.07) is 4.81. The summed E-state index contributed by atoms with van der Waals surface area (Å²) in [6.07, 6.45) is -0.0176. The Labute approximate surface area is 143 Å². The van der Waals surface area contributed by atoms with Crippen LogP contribution >= 0.6 is 11.8 Å². The van der Waals surface area contributed by atoms with Crippen molar-refractivity contribution in [2.24, 2.45) is 5.11 Å². The van der Waals surface area contributed by atoms with Gasteiger partial charge in [-0.2, -0.15) is 11.8 Å². The van der Waals surface area contributed by atoms with Crippen molar-refractivity contribution in [3.8, 4) is 0 Å². The average molecular weight is 351 g/mol. The van der Waals surface area contributed by atoms with Crippen molar-refractivity contribution in [3.63, 3.8) is 0 Å². The highest BCUT2D eigenvalue weighted by Gasteiger charge is 2.32. The van der Waals surface area contributed by atoms with Gasteiger partial charge >= 0.3 is 6.09 Å². The van der Waals surface area contributed by atoms with Crippen molar-refractivity contribution >= 4 is 29.2 Å². The van der Waals surface area contributed by atoms with E-state index in [-0.39, 0.29) is 18.9 Å². The molecule has 2 heterocycles. The number of benzene rings is 1. The number of anilines is 2. The van der Waals surface area contributed by atoms with E-state index in [4.69, 9.17) is 10.3 Å². The Kier molecular flexibility index (Phi) is 5.32. The molecule has 2 saturated heterocycles. The molecule has 3 rings (SSSR count). The Morgan fingerprint density at radius 2 is 2.29 bits per heavy atom. The second-order valence-electron chi connectivity index (χ2n) is 5.62. The van der Waals surface area contributed by atoms with Crippen molar-refractivity contribution in [3.05, 3.63) is 34.5 Å². The molecule has 1 aromatic carbocycles. The number of rotatable bonds is 4. The molecule has 128 valence electrons. The predicted octanol–water partition coefficient (Wildman–Crippen LogP) is 3.40. The van der Waals surface area contributed by atoms with Crippen LogP contribution in [-0.2, 0) is 4.74 Å². The summed E-state index contributed by atoms with van der Waals surface area (Å²) in [5.74, 6) is 1.74. The third kappa shape index (κ3) is 3.68. The molecule has 0 spiro atoms. The summed E-state index contributed by atoms with van der Waals surface area (Å²) >= 11 is 1.88. The summed E-state index contributed by atoms with van der Waals surface area (Å²) < 4.78 is 19.7. The van der Waals surface area contributed by atoms with Crippen LogP contribution in [0.5, 0.6) is 0 Å². The van der Waals surface area contributed by atoms with Gasteiger partial charge in [-0.3, -0.25) is 4.90 Å². The molecular formula is C15H18FN5O2S. The van der Waals surface area contributed by atoms with Gasteiger partial charge in [0.05, 0.1) is 24.5 Å². The second-order valence-corrected chi connectivity index (χ2v) is 6.84. The molecule has 0 radical (unpaired) electrons. The quantitative estimate of drug-likeness (QED) is 0.473. The van der Waals surface area contributed by atoms with E-state index in [2.05, 4.69) is 10.0 Å². The van der Waals surface area contributed by atoms with E-state index in [1.807, 2.05) is 16.7 Å². The number of hydrogen-bond donors (Lipinski definition) is 0. The fourth-order valence-corrected chi connectivity index (χ4v) is 3.75. The van der Waals surface area contributed by atoms with Crippen molar-refractivity contribution in [2.75, 3.05) is 47.5 Å². The maximum Gasteiger partial charge on any atom is 0.414 e. The molecule has 24 heavy (non-hydrogen) atoms. The summed E-state index contributed by atoms with van der Waals surface area (Å²) in [7, 11) is 0.